The Bertz CT molecular complexity index is 520. The van der Waals surface area contributed by atoms with Crippen molar-refractivity contribution in [2.24, 2.45) is 11.8 Å². The molecule has 5 atom stereocenters. The van der Waals surface area contributed by atoms with Gasteiger partial charge in [0.2, 0.25) is 0 Å². The summed E-state index contributed by atoms with van der Waals surface area (Å²) in [6.07, 6.45) is 4.82. The Labute approximate surface area is 126 Å². The van der Waals surface area contributed by atoms with Crippen molar-refractivity contribution >= 4 is 47.8 Å². The monoisotopic (exact) mass is 416 g/mol. The molecule has 1 aromatic rings. The summed E-state index contributed by atoms with van der Waals surface area (Å²) >= 11 is 11.6. The number of benzene rings is 1. The third-order valence-electron chi connectivity index (χ3n) is 4.61. The smallest absolute Gasteiger partial charge is 0.0862 e. The Morgan fingerprint density at radius 3 is 2.24 bits per heavy atom. The molecule has 0 nitrogen and oxygen atoms in total. The molecular weight excluding hydrogens is 408 g/mol. The molecule has 88 valence electrons. The van der Waals surface area contributed by atoms with E-state index in [-0.39, 0.29) is 3.23 Å². The van der Waals surface area contributed by atoms with E-state index in [2.05, 4.69) is 84.2 Å². The van der Waals surface area contributed by atoms with Gasteiger partial charge in [0, 0.05) is 22.6 Å². The number of halogens is 3. The number of allylic oxidation sites excluding steroid dienone is 2. The van der Waals surface area contributed by atoms with Gasteiger partial charge in [0.25, 0.3) is 0 Å². The molecule has 5 rings (SSSR count). The average Bonchev–Trinajstić information content (AvgIpc) is 2.38. The lowest BCUT2D eigenvalue weighted by molar-refractivity contribution is 0.130. The minimum atomic E-state index is 0.0614. The molecule has 2 bridgehead atoms. The summed E-state index contributed by atoms with van der Waals surface area (Å²) in [6, 6.07) is 8.93. The maximum Gasteiger partial charge on any atom is 0.0972 e. The second-order valence-corrected chi connectivity index (χ2v) is 9.92. The van der Waals surface area contributed by atoms with Crippen molar-refractivity contribution in [3.8, 4) is 0 Å². The van der Waals surface area contributed by atoms with Crippen molar-refractivity contribution < 1.29 is 0 Å². The minimum Gasteiger partial charge on any atom is -0.0862 e. The summed E-state index contributed by atoms with van der Waals surface area (Å²) in [5.41, 5.74) is 3.07. The molecule has 0 amide bonds. The van der Waals surface area contributed by atoms with Crippen LogP contribution < -0.4 is 0 Å². The lowest BCUT2D eigenvalue weighted by Crippen LogP contribution is -2.62. The summed E-state index contributed by atoms with van der Waals surface area (Å²) in [5, 5.41) is 0. The van der Waals surface area contributed by atoms with Crippen LogP contribution in [0.2, 0.25) is 0 Å². The Balaban J connectivity index is 1.91. The fourth-order valence-corrected chi connectivity index (χ4v) is 6.61. The van der Waals surface area contributed by atoms with Crippen LogP contribution in [-0.2, 0) is 0 Å². The summed E-state index contributed by atoms with van der Waals surface area (Å²) in [4.78, 5) is 0.505. The van der Waals surface area contributed by atoms with Gasteiger partial charge in [-0.3, -0.25) is 0 Å². The predicted molar refractivity (Wildman–Crippen MR) is 81.3 cm³/mol. The number of rotatable bonds is 0. The van der Waals surface area contributed by atoms with E-state index in [1.165, 1.54) is 5.56 Å². The first-order chi connectivity index (χ1) is 8.12. The Morgan fingerprint density at radius 1 is 0.941 bits per heavy atom. The van der Waals surface area contributed by atoms with Crippen LogP contribution in [0.25, 0.3) is 0 Å². The van der Waals surface area contributed by atoms with Crippen LogP contribution >= 0.6 is 47.8 Å². The van der Waals surface area contributed by atoms with Gasteiger partial charge in [-0.15, -0.1) is 0 Å². The molecule has 4 aliphatic carbocycles. The first kappa shape index (κ1) is 11.2. The molecule has 17 heavy (non-hydrogen) atoms. The van der Waals surface area contributed by atoms with Crippen molar-refractivity contribution in [1.29, 1.82) is 0 Å². The van der Waals surface area contributed by atoms with Crippen LogP contribution in [-0.4, -0.2) is 8.06 Å². The fraction of sp³-hybridized carbons (Fsp3) is 0.429. The third-order valence-corrected chi connectivity index (χ3v) is 9.21. The van der Waals surface area contributed by atoms with Crippen LogP contribution in [0.1, 0.15) is 23.0 Å². The zero-order valence-corrected chi connectivity index (χ0v) is 13.7. The van der Waals surface area contributed by atoms with Crippen molar-refractivity contribution in [2.45, 2.75) is 19.9 Å². The molecule has 0 unspecified atom stereocenters. The lowest BCUT2D eigenvalue weighted by atomic mass is 9.51. The maximum absolute atomic E-state index is 3.86. The van der Waals surface area contributed by atoms with Crippen LogP contribution in [0.5, 0.6) is 0 Å². The van der Waals surface area contributed by atoms with Crippen molar-refractivity contribution in [3.63, 3.8) is 0 Å². The minimum absolute atomic E-state index is 0.0614. The van der Waals surface area contributed by atoms with Gasteiger partial charge < -0.3 is 0 Å². The molecule has 0 aromatic heterocycles. The highest BCUT2D eigenvalue weighted by Crippen LogP contribution is 2.70. The van der Waals surface area contributed by atoms with E-state index in [9.17, 15) is 0 Å². The molecule has 1 aromatic carbocycles. The quantitative estimate of drug-likeness (QED) is 0.414. The molecule has 0 radical (unpaired) electrons. The summed E-state index contributed by atoms with van der Waals surface area (Å²) in [5.74, 6) is 2.54. The predicted octanol–water partition coefficient (Wildman–Crippen LogP) is 4.93. The topological polar surface area (TPSA) is 0 Å². The standard InChI is InChI=1S/C14H11Br3/c15-13-11-9-5-6-10(12(11)14(13,16)17)8-4-2-1-3-7(8)9/h1-6,9-13H/t9-,10+,11-,12+,13+/m1/s1. The van der Waals surface area contributed by atoms with Gasteiger partial charge in [0.05, 0.1) is 3.23 Å². The highest BCUT2D eigenvalue weighted by Gasteiger charge is 2.66. The highest BCUT2D eigenvalue weighted by molar-refractivity contribution is 9.26. The second-order valence-electron chi connectivity index (χ2n) is 5.24. The van der Waals surface area contributed by atoms with Gasteiger partial charge in [-0.1, -0.05) is 84.2 Å². The Kier molecular flexibility index (Phi) is 2.31. The highest BCUT2D eigenvalue weighted by atomic mass is 79.9. The molecule has 0 aliphatic heterocycles. The molecule has 0 spiro atoms. The number of alkyl halides is 3. The van der Waals surface area contributed by atoms with E-state index in [1.54, 1.807) is 5.56 Å². The van der Waals surface area contributed by atoms with Gasteiger partial charge in [0.15, 0.2) is 0 Å². The van der Waals surface area contributed by atoms with Gasteiger partial charge in [-0.2, -0.15) is 0 Å². The van der Waals surface area contributed by atoms with E-state index in [1.807, 2.05) is 0 Å². The van der Waals surface area contributed by atoms with Crippen molar-refractivity contribution in [1.82, 2.24) is 0 Å². The first-order valence-corrected chi connectivity index (χ1v) is 8.41. The van der Waals surface area contributed by atoms with Crippen molar-refractivity contribution in [3.05, 3.63) is 47.5 Å². The van der Waals surface area contributed by atoms with Gasteiger partial charge >= 0.3 is 0 Å². The van der Waals surface area contributed by atoms with E-state index in [0.717, 1.165) is 5.92 Å². The van der Waals surface area contributed by atoms with Crippen molar-refractivity contribution in [2.75, 3.05) is 0 Å². The van der Waals surface area contributed by atoms with E-state index >= 15 is 0 Å². The van der Waals surface area contributed by atoms with Crippen LogP contribution in [0.3, 0.4) is 0 Å². The summed E-state index contributed by atoms with van der Waals surface area (Å²) in [7, 11) is 0. The number of hydrogen-bond donors (Lipinski definition) is 0. The number of hydrogen-bond acceptors (Lipinski definition) is 0. The van der Waals surface area contributed by atoms with Crippen LogP contribution in [0, 0.1) is 11.8 Å². The van der Waals surface area contributed by atoms with E-state index < -0.39 is 0 Å². The molecule has 0 N–H and O–H groups in total. The van der Waals surface area contributed by atoms with Gasteiger partial charge in [-0.25, -0.2) is 0 Å². The van der Waals surface area contributed by atoms with Gasteiger partial charge in [-0.05, 0) is 17.0 Å². The average molecular weight is 419 g/mol. The largest absolute Gasteiger partial charge is 0.0972 e. The molecule has 1 fully saturated rings. The first-order valence-electron chi connectivity index (χ1n) is 5.91. The van der Waals surface area contributed by atoms with Gasteiger partial charge in [0.1, 0.15) is 0 Å². The Morgan fingerprint density at radius 2 is 1.53 bits per heavy atom. The molecule has 3 heteroatoms. The summed E-state index contributed by atoms with van der Waals surface area (Å²) < 4.78 is 0.0614. The third kappa shape index (κ3) is 1.24. The van der Waals surface area contributed by atoms with Crippen LogP contribution in [0.4, 0.5) is 0 Å². The lowest BCUT2D eigenvalue weighted by Gasteiger charge is -2.62. The zero-order valence-electron chi connectivity index (χ0n) is 8.98. The van der Waals surface area contributed by atoms with E-state index in [4.69, 9.17) is 0 Å². The van der Waals surface area contributed by atoms with E-state index in [0.29, 0.717) is 22.6 Å². The molecule has 0 heterocycles. The second kappa shape index (κ2) is 3.49. The normalized spacial score (nSPS) is 43.8. The Hall–Kier alpha value is 0.400. The summed E-state index contributed by atoms with van der Waals surface area (Å²) in [6.45, 7) is 0. The molecule has 4 aliphatic rings. The molecule has 0 saturated heterocycles. The SMILES string of the molecule is Br[C@H]1[C@H]2[C@H]([C@H]3C=C[C@@H]2c2ccccc23)C1(Br)Br. The maximum atomic E-state index is 3.86. The fourth-order valence-electron chi connectivity index (χ4n) is 3.86. The zero-order chi connectivity index (χ0) is 11.8. The molecule has 1 saturated carbocycles. The molecular formula is C14H11Br3. The van der Waals surface area contributed by atoms with Crippen LogP contribution in [0.15, 0.2) is 36.4 Å².